The van der Waals surface area contributed by atoms with Crippen LogP contribution in [0.2, 0.25) is 4.47 Å². The number of rotatable bonds is 9. The number of hydrogen-bond donors (Lipinski definition) is 2. The van der Waals surface area contributed by atoms with Crippen LogP contribution in [0.1, 0.15) is 24.3 Å². The molecule has 1 heterocycles. The summed E-state index contributed by atoms with van der Waals surface area (Å²) in [6.45, 7) is 2.34. The Hall–Kier alpha value is -1.38. The Bertz CT molecular complexity index is 682. The van der Waals surface area contributed by atoms with Crippen LogP contribution in [-0.4, -0.2) is 42.4 Å². The van der Waals surface area contributed by atoms with Crippen molar-refractivity contribution >= 4 is 41.3 Å². The SMILES string of the molecule is COC(=O)COc1ccc(CC(C)NCC(O)c2csc(Cl)n2)cc1.Cl. The fraction of sp³-hybridized carbons (Fsp3) is 0.412. The molecular weight excluding hydrogens is 399 g/mol. The van der Waals surface area contributed by atoms with Crippen LogP contribution >= 0.6 is 35.3 Å². The van der Waals surface area contributed by atoms with Gasteiger partial charge in [0.05, 0.1) is 12.8 Å². The fourth-order valence-electron chi connectivity index (χ4n) is 2.18. The van der Waals surface area contributed by atoms with Crippen molar-refractivity contribution in [1.82, 2.24) is 10.3 Å². The highest BCUT2D eigenvalue weighted by atomic mass is 35.5. The summed E-state index contributed by atoms with van der Waals surface area (Å²) in [5.74, 6) is 0.201. The van der Waals surface area contributed by atoms with Crippen LogP contribution in [0.15, 0.2) is 29.6 Å². The zero-order chi connectivity index (χ0) is 18.2. The monoisotopic (exact) mass is 420 g/mol. The zero-order valence-electron chi connectivity index (χ0n) is 14.5. The van der Waals surface area contributed by atoms with E-state index >= 15 is 0 Å². The van der Waals surface area contributed by atoms with Crippen molar-refractivity contribution in [2.24, 2.45) is 0 Å². The summed E-state index contributed by atoms with van der Waals surface area (Å²) in [5.41, 5.74) is 1.71. The Morgan fingerprint density at radius 2 is 2.08 bits per heavy atom. The normalized spacial score (nSPS) is 12.8. The fourth-order valence-corrected chi connectivity index (χ4v) is 3.00. The van der Waals surface area contributed by atoms with Gasteiger partial charge in [-0.2, -0.15) is 0 Å². The highest BCUT2D eigenvalue weighted by Gasteiger charge is 2.13. The molecule has 2 N–H and O–H groups in total. The standard InChI is InChI=1S/C17H21ClN2O4S.ClH/c1-11(19-8-15(21)14-10-25-17(18)20-14)7-12-3-5-13(6-4-12)24-9-16(22)23-2;/h3-6,10-11,15,19,21H,7-9H2,1-2H3;1H. The highest BCUT2D eigenvalue weighted by Crippen LogP contribution is 2.20. The lowest BCUT2D eigenvalue weighted by molar-refractivity contribution is -0.142. The first-order valence-electron chi connectivity index (χ1n) is 7.79. The molecule has 0 aliphatic rings. The van der Waals surface area contributed by atoms with Crippen LogP contribution in [-0.2, 0) is 16.0 Å². The number of esters is 1. The molecule has 0 aliphatic heterocycles. The van der Waals surface area contributed by atoms with Crippen molar-refractivity contribution in [3.8, 4) is 5.75 Å². The first-order chi connectivity index (χ1) is 12.0. The molecule has 0 aliphatic carbocycles. The van der Waals surface area contributed by atoms with E-state index in [1.165, 1.54) is 18.4 Å². The maximum Gasteiger partial charge on any atom is 0.343 e. The van der Waals surface area contributed by atoms with E-state index in [1.807, 2.05) is 31.2 Å². The van der Waals surface area contributed by atoms with Crippen LogP contribution in [0.5, 0.6) is 5.75 Å². The van der Waals surface area contributed by atoms with Gasteiger partial charge in [-0.25, -0.2) is 9.78 Å². The van der Waals surface area contributed by atoms with E-state index in [0.29, 0.717) is 22.5 Å². The molecule has 2 atom stereocenters. The van der Waals surface area contributed by atoms with Crippen LogP contribution in [0.3, 0.4) is 0 Å². The second-order valence-corrected chi connectivity index (χ2v) is 7.00. The number of ether oxygens (including phenoxy) is 2. The van der Waals surface area contributed by atoms with Crippen LogP contribution < -0.4 is 10.1 Å². The molecule has 0 bridgehead atoms. The second kappa shape index (κ2) is 11.4. The molecule has 2 aromatic rings. The molecule has 2 rings (SSSR count). The summed E-state index contributed by atoms with van der Waals surface area (Å²) in [4.78, 5) is 15.1. The van der Waals surface area contributed by atoms with Crippen LogP contribution in [0.25, 0.3) is 0 Å². The molecule has 2 unspecified atom stereocenters. The molecule has 0 fully saturated rings. The van der Waals surface area contributed by atoms with Gasteiger partial charge >= 0.3 is 5.97 Å². The van der Waals surface area contributed by atoms with Gasteiger partial charge in [-0.15, -0.1) is 23.7 Å². The maximum atomic E-state index is 11.0. The summed E-state index contributed by atoms with van der Waals surface area (Å²) in [6, 6.07) is 7.70. The number of aromatic nitrogens is 1. The predicted octanol–water partition coefficient (Wildman–Crippen LogP) is 3.02. The molecule has 26 heavy (non-hydrogen) atoms. The third kappa shape index (κ3) is 7.47. The number of hydrogen-bond acceptors (Lipinski definition) is 7. The Labute approximate surface area is 167 Å². The van der Waals surface area contributed by atoms with Crippen molar-refractivity contribution in [1.29, 1.82) is 0 Å². The number of carbonyl (C=O) groups excluding carboxylic acids is 1. The Kier molecular flexibility index (Phi) is 9.90. The van der Waals surface area contributed by atoms with Gasteiger partial charge in [0.2, 0.25) is 0 Å². The lowest BCUT2D eigenvalue weighted by atomic mass is 10.1. The highest BCUT2D eigenvalue weighted by molar-refractivity contribution is 7.13. The van der Waals surface area contributed by atoms with E-state index in [2.05, 4.69) is 15.0 Å². The van der Waals surface area contributed by atoms with Gasteiger partial charge in [0.25, 0.3) is 0 Å². The number of nitrogens with zero attached hydrogens (tertiary/aromatic N) is 1. The number of thiazole rings is 1. The molecule has 0 radical (unpaired) electrons. The van der Waals surface area contributed by atoms with Crippen molar-refractivity contribution in [3.63, 3.8) is 0 Å². The predicted molar refractivity (Wildman–Crippen MR) is 104 cm³/mol. The molecule has 0 amide bonds. The molecule has 9 heteroatoms. The summed E-state index contributed by atoms with van der Waals surface area (Å²) in [7, 11) is 1.32. The molecule has 6 nitrogen and oxygen atoms in total. The van der Waals surface area contributed by atoms with Gasteiger partial charge in [-0.3, -0.25) is 0 Å². The van der Waals surface area contributed by atoms with Gasteiger partial charge < -0.3 is 19.9 Å². The van der Waals surface area contributed by atoms with E-state index in [4.69, 9.17) is 16.3 Å². The van der Waals surface area contributed by atoms with E-state index in [-0.39, 0.29) is 25.1 Å². The number of nitrogens with one attached hydrogen (secondary N) is 1. The lowest BCUT2D eigenvalue weighted by Crippen LogP contribution is -2.32. The average Bonchev–Trinajstić information content (AvgIpc) is 3.05. The summed E-state index contributed by atoms with van der Waals surface area (Å²) in [5, 5.41) is 15.1. The Balaban J connectivity index is 0.00000338. The van der Waals surface area contributed by atoms with Crippen molar-refractivity contribution in [3.05, 3.63) is 45.4 Å². The first kappa shape index (κ1) is 22.7. The summed E-state index contributed by atoms with van der Waals surface area (Å²) >= 11 is 7.08. The minimum absolute atomic E-state index is 0. The van der Waals surface area contributed by atoms with E-state index in [1.54, 1.807) is 5.38 Å². The van der Waals surface area contributed by atoms with E-state index in [9.17, 15) is 9.90 Å². The molecule has 0 spiro atoms. The van der Waals surface area contributed by atoms with Gasteiger partial charge in [0, 0.05) is 18.0 Å². The average molecular weight is 421 g/mol. The molecule has 0 saturated carbocycles. The third-order valence-corrected chi connectivity index (χ3v) is 4.54. The third-order valence-electron chi connectivity index (χ3n) is 3.54. The minimum atomic E-state index is -0.680. The number of halogens is 2. The second-order valence-electron chi connectivity index (χ2n) is 5.56. The maximum absolute atomic E-state index is 11.0. The van der Waals surface area contributed by atoms with Crippen molar-refractivity contribution in [2.45, 2.75) is 25.5 Å². The first-order valence-corrected chi connectivity index (χ1v) is 9.04. The van der Waals surface area contributed by atoms with Gasteiger partial charge in [0.1, 0.15) is 11.9 Å². The van der Waals surface area contributed by atoms with Crippen molar-refractivity contribution < 1.29 is 19.4 Å². The van der Waals surface area contributed by atoms with Crippen LogP contribution in [0, 0.1) is 0 Å². The quantitative estimate of drug-likeness (QED) is 0.606. The minimum Gasteiger partial charge on any atom is -0.482 e. The molecule has 1 aromatic heterocycles. The Morgan fingerprint density at radius 1 is 1.38 bits per heavy atom. The largest absolute Gasteiger partial charge is 0.482 e. The molecular formula is C17H22Cl2N2O4S. The lowest BCUT2D eigenvalue weighted by Gasteiger charge is -2.16. The number of carbonyl (C=O) groups is 1. The number of aliphatic hydroxyl groups excluding tert-OH is 1. The topological polar surface area (TPSA) is 80.7 Å². The molecule has 0 saturated heterocycles. The molecule has 144 valence electrons. The summed E-state index contributed by atoms with van der Waals surface area (Å²) < 4.78 is 10.3. The van der Waals surface area contributed by atoms with Gasteiger partial charge in [-0.1, -0.05) is 23.7 Å². The van der Waals surface area contributed by atoms with Crippen LogP contribution in [0.4, 0.5) is 0 Å². The van der Waals surface area contributed by atoms with E-state index < -0.39 is 12.1 Å². The smallest absolute Gasteiger partial charge is 0.343 e. The number of aliphatic hydroxyl groups is 1. The van der Waals surface area contributed by atoms with Gasteiger partial charge in [-0.05, 0) is 31.0 Å². The number of benzene rings is 1. The van der Waals surface area contributed by atoms with E-state index in [0.717, 1.165) is 12.0 Å². The van der Waals surface area contributed by atoms with Gasteiger partial charge in [0.15, 0.2) is 11.1 Å². The molecule has 1 aromatic carbocycles. The Morgan fingerprint density at radius 3 is 2.65 bits per heavy atom. The number of methoxy groups -OCH3 is 1. The zero-order valence-corrected chi connectivity index (χ0v) is 16.9. The summed E-state index contributed by atoms with van der Waals surface area (Å²) in [6.07, 6.45) is 0.113. The van der Waals surface area contributed by atoms with Crippen molar-refractivity contribution in [2.75, 3.05) is 20.3 Å².